The van der Waals surface area contributed by atoms with Gasteiger partial charge in [0.05, 0.1) is 31.5 Å². The molecule has 2 aromatic heterocycles. The molecule has 0 spiro atoms. The predicted molar refractivity (Wildman–Crippen MR) is 152 cm³/mol. The van der Waals surface area contributed by atoms with Gasteiger partial charge in [-0.25, -0.2) is 0 Å². The topological polar surface area (TPSA) is 147 Å². The maximum absolute atomic E-state index is 13.8. The number of carbonyl (C=O) groups excluding carboxylic acids is 1. The van der Waals surface area contributed by atoms with Gasteiger partial charge in [0.25, 0.3) is 0 Å². The average Bonchev–Trinajstić information content (AvgIpc) is 3.69. The van der Waals surface area contributed by atoms with E-state index < -0.39 is 23.8 Å². The van der Waals surface area contributed by atoms with Crippen molar-refractivity contribution in [2.45, 2.75) is 44.7 Å². The first-order valence-electron chi connectivity index (χ1n) is 14.0. The van der Waals surface area contributed by atoms with Gasteiger partial charge in [0.1, 0.15) is 0 Å². The van der Waals surface area contributed by atoms with Gasteiger partial charge in [-0.3, -0.25) is 24.0 Å². The minimum atomic E-state index is -1.01. The Kier molecular flexibility index (Phi) is 8.72. The van der Waals surface area contributed by atoms with Crippen molar-refractivity contribution >= 4 is 17.6 Å². The summed E-state index contributed by atoms with van der Waals surface area (Å²) in [6.07, 6.45) is 5.26. The summed E-state index contributed by atoms with van der Waals surface area (Å²) in [5.41, 5.74) is 1.38. The number of likely N-dealkylation sites (tertiary alicyclic amines) is 1. The molecule has 1 aromatic carbocycles. The van der Waals surface area contributed by atoms with E-state index in [1.807, 2.05) is 11.0 Å². The molecular weight excluding hydrogens is 544 g/mol. The maximum atomic E-state index is 13.8. The molecule has 224 valence electrons. The Balaban J connectivity index is 1.48. The minimum Gasteiger partial charge on any atom is -0.494 e. The number of rotatable bonds is 12. The van der Waals surface area contributed by atoms with Crippen molar-refractivity contribution < 1.29 is 39.1 Å². The molecule has 2 aliphatic heterocycles. The van der Waals surface area contributed by atoms with Gasteiger partial charge in [-0.05, 0) is 42.7 Å². The van der Waals surface area contributed by atoms with E-state index in [0.717, 1.165) is 12.8 Å². The highest BCUT2D eigenvalue weighted by Gasteiger charge is 2.47. The number of anilines is 1. The predicted octanol–water partition coefficient (Wildman–Crippen LogP) is 3.42. The number of carboxylic acids is 1. The minimum absolute atomic E-state index is 0.0190. The first-order chi connectivity index (χ1) is 20.3. The summed E-state index contributed by atoms with van der Waals surface area (Å²) in [4.78, 5) is 34.5. The standard InChI is InChI=1S/C30H36N4O8/c1-3-4-11-33(20-6-5-10-31-15-20)27(37)17-32-16-21(19-13-23(40-2)29-24(14-19)41-18-42-29)28(30(38)39)22(32)9-12-34-25(35)7-8-26(34)36/h5-8,10,13-15,21-22,28,35-36H,3-4,9,11-12,16-18H2,1-2H3,(H,38,39)/t21-,22+,28?/m1/s1. The summed E-state index contributed by atoms with van der Waals surface area (Å²) in [7, 11) is 1.51. The lowest BCUT2D eigenvalue weighted by molar-refractivity contribution is -0.143. The van der Waals surface area contributed by atoms with Gasteiger partial charge in [-0.1, -0.05) is 13.3 Å². The summed E-state index contributed by atoms with van der Waals surface area (Å²) < 4.78 is 18.0. The average molecular weight is 581 g/mol. The monoisotopic (exact) mass is 580 g/mol. The smallest absolute Gasteiger partial charge is 0.308 e. The molecule has 4 heterocycles. The quantitative estimate of drug-likeness (QED) is 0.291. The molecule has 0 saturated carbocycles. The van der Waals surface area contributed by atoms with Crippen LogP contribution in [0, 0.1) is 5.92 Å². The number of methoxy groups -OCH3 is 1. The van der Waals surface area contributed by atoms with Crippen molar-refractivity contribution in [2.75, 3.05) is 38.4 Å². The van der Waals surface area contributed by atoms with Crippen LogP contribution in [0.1, 0.15) is 37.7 Å². The van der Waals surface area contributed by atoms with Crippen LogP contribution in [0.15, 0.2) is 48.8 Å². The van der Waals surface area contributed by atoms with Crippen molar-refractivity contribution in [3.05, 3.63) is 54.4 Å². The molecule has 0 radical (unpaired) electrons. The highest BCUT2D eigenvalue weighted by Crippen LogP contribution is 2.47. The Hall–Kier alpha value is -4.45. The van der Waals surface area contributed by atoms with Gasteiger partial charge in [0.2, 0.25) is 18.4 Å². The van der Waals surface area contributed by atoms with Crippen molar-refractivity contribution in [3.63, 3.8) is 0 Å². The lowest BCUT2D eigenvalue weighted by atomic mass is 9.84. The number of nitrogens with zero attached hydrogens (tertiary/aromatic N) is 4. The van der Waals surface area contributed by atoms with Crippen LogP contribution in [0.5, 0.6) is 29.0 Å². The van der Waals surface area contributed by atoms with Crippen molar-refractivity contribution in [1.82, 2.24) is 14.5 Å². The third kappa shape index (κ3) is 5.80. The highest BCUT2D eigenvalue weighted by atomic mass is 16.7. The fourth-order valence-corrected chi connectivity index (χ4v) is 5.98. The molecule has 2 aliphatic rings. The zero-order valence-corrected chi connectivity index (χ0v) is 23.7. The molecule has 12 heteroatoms. The van der Waals surface area contributed by atoms with Gasteiger partial charge in [0, 0.05) is 49.9 Å². The Labute approximate surface area is 243 Å². The number of fused-ring (bicyclic) bond motifs is 1. The second-order valence-electron chi connectivity index (χ2n) is 10.5. The first-order valence-corrected chi connectivity index (χ1v) is 14.0. The van der Waals surface area contributed by atoms with Gasteiger partial charge in [-0.15, -0.1) is 0 Å². The molecule has 1 fully saturated rings. The summed E-state index contributed by atoms with van der Waals surface area (Å²) in [6.45, 7) is 3.02. The lowest BCUT2D eigenvalue weighted by Gasteiger charge is -2.30. The van der Waals surface area contributed by atoms with E-state index in [9.17, 15) is 24.9 Å². The molecule has 1 saturated heterocycles. The zero-order valence-electron chi connectivity index (χ0n) is 23.7. The van der Waals surface area contributed by atoms with Gasteiger partial charge >= 0.3 is 5.97 Å². The fraction of sp³-hybridized carbons (Fsp3) is 0.433. The normalized spacial score (nSPS) is 19.6. The third-order valence-electron chi connectivity index (χ3n) is 8.06. The maximum Gasteiger partial charge on any atom is 0.308 e. The Morgan fingerprint density at radius 3 is 2.62 bits per heavy atom. The molecule has 1 amide bonds. The molecule has 1 unspecified atom stereocenters. The van der Waals surface area contributed by atoms with Crippen LogP contribution in [0.2, 0.25) is 0 Å². The number of aliphatic carboxylic acids is 1. The number of unbranched alkanes of at least 4 members (excludes halogenated alkanes) is 1. The molecule has 3 aromatic rings. The van der Waals surface area contributed by atoms with Crippen LogP contribution in [-0.2, 0) is 16.1 Å². The SMILES string of the molecule is CCCCN(C(=O)CN1C[C@H](c2cc(OC)c3c(c2)OCO3)C(C(=O)O)[C@@H]1CCn1c(O)ccc1O)c1cccnc1. The van der Waals surface area contributed by atoms with Crippen LogP contribution >= 0.6 is 0 Å². The Morgan fingerprint density at radius 1 is 1.17 bits per heavy atom. The van der Waals surface area contributed by atoms with E-state index in [4.69, 9.17) is 14.2 Å². The lowest BCUT2D eigenvalue weighted by Crippen LogP contribution is -2.45. The number of aromatic hydroxyl groups is 2. The van der Waals surface area contributed by atoms with Crippen LogP contribution in [0.25, 0.3) is 0 Å². The molecule has 12 nitrogen and oxygen atoms in total. The number of amides is 1. The van der Waals surface area contributed by atoms with E-state index in [0.29, 0.717) is 35.0 Å². The van der Waals surface area contributed by atoms with E-state index in [-0.39, 0.29) is 50.5 Å². The molecule has 5 rings (SSSR count). The first kappa shape index (κ1) is 29.1. The van der Waals surface area contributed by atoms with Crippen LogP contribution in [0.3, 0.4) is 0 Å². The summed E-state index contributed by atoms with van der Waals surface area (Å²) in [6, 6.07) is 9.32. The number of benzene rings is 1. The fourth-order valence-electron chi connectivity index (χ4n) is 5.98. The number of hydrogen-bond acceptors (Lipinski definition) is 9. The number of hydrogen-bond donors (Lipinski definition) is 3. The van der Waals surface area contributed by atoms with E-state index >= 15 is 0 Å². The Morgan fingerprint density at radius 2 is 1.95 bits per heavy atom. The largest absolute Gasteiger partial charge is 0.494 e. The molecule has 0 bridgehead atoms. The van der Waals surface area contributed by atoms with Crippen LogP contribution < -0.4 is 19.1 Å². The van der Waals surface area contributed by atoms with Crippen molar-refractivity contribution in [2.24, 2.45) is 5.92 Å². The molecule has 3 atom stereocenters. The third-order valence-corrected chi connectivity index (χ3v) is 8.06. The van der Waals surface area contributed by atoms with E-state index in [2.05, 4.69) is 11.9 Å². The van der Waals surface area contributed by atoms with E-state index in [1.54, 1.807) is 35.5 Å². The van der Waals surface area contributed by atoms with Crippen LogP contribution in [-0.4, -0.2) is 81.2 Å². The second kappa shape index (κ2) is 12.6. The number of aromatic nitrogens is 2. The highest BCUT2D eigenvalue weighted by molar-refractivity contribution is 5.94. The van der Waals surface area contributed by atoms with Gasteiger partial charge < -0.3 is 34.4 Å². The molecule has 42 heavy (non-hydrogen) atoms. The molecular formula is C30H36N4O8. The summed E-state index contributed by atoms with van der Waals surface area (Å²) in [5, 5.41) is 31.0. The van der Waals surface area contributed by atoms with Gasteiger partial charge in [0.15, 0.2) is 23.3 Å². The van der Waals surface area contributed by atoms with Gasteiger partial charge in [-0.2, -0.15) is 0 Å². The van der Waals surface area contributed by atoms with E-state index in [1.165, 1.54) is 23.8 Å². The molecule has 3 N–H and O–H groups in total. The second-order valence-corrected chi connectivity index (χ2v) is 10.5. The Bertz CT molecular complexity index is 1390. The van der Waals surface area contributed by atoms with Crippen LogP contribution in [0.4, 0.5) is 5.69 Å². The number of pyridine rings is 1. The number of carboxylic acid groups (broad SMARTS) is 1. The zero-order chi connectivity index (χ0) is 29.8. The molecule has 0 aliphatic carbocycles. The summed E-state index contributed by atoms with van der Waals surface area (Å²) >= 11 is 0. The number of ether oxygens (including phenoxy) is 3. The van der Waals surface area contributed by atoms with Crippen molar-refractivity contribution in [1.29, 1.82) is 0 Å². The van der Waals surface area contributed by atoms with Crippen molar-refractivity contribution in [3.8, 4) is 29.0 Å². The summed E-state index contributed by atoms with van der Waals surface area (Å²) in [5.74, 6) is -1.43. The number of carbonyl (C=O) groups is 2.